The molecular weight excluding hydrogens is 955 g/mol. The Balaban J connectivity index is 0.000000280. The molecule has 4 aliphatic rings. The van der Waals surface area contributed by atoms with E-state index in [2.05, 4.69) is 52.4 Å². The van der Waals surface area contributed by atoms with Gasteiger partial charge in [-0.25, -0.2) is 27.5 Å². The number of amides is 6. The van der Waals surface area contributed by atoms with Gasteiger partial charge in [0, 0.05) is 64.9 Å². The normalized spacial score (nSPS) is 21.6. The van der Waals surface area contributed by atoms with Crippen LogP contribution in [0, 0.1) is 0 Å². The second-order valence-corrected chi connectivity index (χ2v) is 20.2. The number of rotatable bonds is 21. The van der Waals surface area contributed by atoms with Gasteiger partial charge in [0.15, 0.2) is 0 Å². The minimum absolute atomic E-state index is 0. The van der Waals surface area contributed by atoms with E-state index in [9.17, 15) is 37.1 Å². The second kappa shape index (κ2) is 27.4. The maximum Gasteiger partial charge on any atom is 0.524 e. The van der Waals surface area contributed by atoms with Crippen LogP contribution >= 0.6 is 39.2 Å². The van der Waals surface area contributed by atoms with Crippen molar-refractivity contribution >= 4 is 75.5 Å². The first kappa shape index (κ1) is 55.9. The number of carbonyl (C=O) groups excluding carboxylic acids is 4. The van der Waals surface area contributed by atoms with Gasteiger partial charge in [0.05, 0.1) is 24.2 Å². The first-order chi connectivity index (χ1) is 30.4. The van der Waals surface area contributed by atoms with Gasteiger partial charge in [0.2, 0.25) is 5.91 Å². The highest BCUT2D eigenvalue weighted by atomic mass is 32.2. The summed E-state index contributed by atoms with van der Waals surface area (Å²) in [7, 11) is -9.40. The van der Waals surface area contributed by atoms with Crippen molar-refractivity contribution in [2.45, 2.75) is 120 Å². The number of halogens is 2. The Hall–Kier alpha value is -3.44. The number of nitrogens with zero attached hydrogens (tertiary/aromatic N) is 1. The van der Waals surface area contributed by atoms with Crippen LogP contribution in [0.2, 0.25) is 0 Å². The van der Waals surface area contributed by atoms with Gasteiger partial charge in [-0.05, 0) is 80.5 Å². The third-order valence-electron chi connectivity index (χ3n) is 10.4. The number of thioether (sulfide) groups is 2. The lowest BCUT2D eigenvalue weighted by molar-refractivity contribution is -0.121. The number of nitrogens with one attached hydrogen (secondary N) is 5. The number of phosphoric ester groups is 2. The van der Waals surface area contributed by atoms with Gasteiger partial charge in [-0.3, -0.25) is 29.2 Å². The number of alkyl halides is 2. The molecule has 4 saturated heterocycles. The fourth-order valence-electron chi connectivity index (χ4n) is 7.41. The first-order valence-corrected chi connectivity index (χ1v) is 26.0. The van der Waals surface area contributed by atoms with Crippen LogP contribution in [-0.4, -0.2) is 103 Å². The summed E-state index contributed by atoms with van der Waals surface area (Å²) in [5.74, 6) is 1.31. The highest BCUT2D eigenvalue weighted by Gasteiger charge is 2.43. The first-order valence-electron chi connectivity index (χ1n) is 20.5. The van der Waals surface area contributed by atoms with E-state index in [1.165, 1.54) is 24.3 Å². The molecule has 0 bridgehead atoms. The van der Waals surface area contributed by atoms with E-state index in [0.29, 0.717) is 49.3 Å². The van der Waals surface area contributed by atoms with Crippen LogP contribution in [0.4, 0.5) is 18.4 Å². The van der Waals surface area contributed by atoms with Crippen molar-refractivity contribution in [2.75, 3.05) is 24.6 Å². The SMILES string of the molecule is C.NCCc1ccc(OP(=O)(O)O)c(CF)c1.O=C(CCCCC1SCC2NC(=O)NC21)N=S.O=C(CCCCC1SCC2NC(=O)NC21)NCCc1ccc(OP(=O)(O)O)c(CF)c1. The number of hydrogen-bond acceptors (Lipinski definition) is 12. The van der Waals surface area contributed by atoms with Gasteiger partial charge in [0.25, 0.3) is 5.91 Å². The molecule has 0 radical (unpaired) electrons. The number of fused-ring (bicyclic) bond motifs is 2. The van der Waals surface area contributed by atoms with E-state index in [4.69, 9.17) is 25.3 Å². The summed E-state index contributed by atoms with van der Waals surface area (Å²) < 4.78 is 59.3. The van der Waals surface area contributed by atoms with Gasteiger partial charge < -0.3 is 41.4 Å². The second-order valence-electron chi connectivity index (χ2n) is 15.2. The number of urea groups is 2. The van der Waals surface area contributed by atoms with E-state index in [1.807, 2.05) is 23.5 Å². The standard InChI is InChI=1S/C19H27FN3O6PS.C10H15N3O2S2.C9H13FNO4P.CH4/c20-10-13-9-12(5-6-15(13)29-30(26,27)28)7-8-21-17(24)4-2-1-3-16-18-14(11-31-16)22-19(25)23-18;14-8(13-16)4-2-1-3-7-9-6(5-17-7)11-10(15)12-9;10-6-8-5-7(3-4-11)1-2-9(8)15-16(12,13)14;/h5-6,9,14,16,18H,1-4,7-8,10-11H2,(H,21,24)(H2,22,23,25)(H2,26,27,28);6-7,9H,1-5H2,(H2,11,12,15);1-2,5H,3-4,6,11H2,(H2,12,13,14);1H4. The Labute approximate surface area is 390 Å². The topological polar surface area (TPSA) is 300 Å². The zero-order chi connectivity index (χ0) is 46.9. The molecule has 19 nitrogen and oxygen atoms in total. The van der Waals surface area contributed by atoms with Gasteiger partial charge in [-0.1, -0.05) is 32.4 Å². The largest absolute Gasteiger partial charge is 0.524 e. The summed E-state index contributed by atoms with van der Waals surface area (Å²) in [5, 5.41) is 15.4. The minimum Gasteiger partial charge on any atom is -0.404 e. The molecule has 11 N–H and O–H groups in total. The molecule has 65 heavy (non-hydrogen) atoms. The molecule has 4 aliphatic heterocycles. The Morgan fingerprint density at radius 3 is 1.66 bits per heavy atom. The molecule has 26 heteroatoms. The number of unbranched alkanes of at least 4 members (excludes halogenated alkanes) is 2. The molecule has 6 amide bonds. The predicted molar refractivity (Wildman–Crippen MR) is 247 cm³/mol. The number of benzene rings is 2. The average Bonchev–Trinajstić information content (AvgIpc) is 4.00. The van der Waals surface area contributed by atoms with Crippen LogP contribution in [0.5, 0.6) is 11.5 Å². The summed E-state index contributed by atoms with van der Waals surface area (Å²) >= 11 is 8.07. The molecule has 0 saturated carbocycles. The van der Waals surface area contributed by atoms with Crippen LogP contribution in [0.1, 0.15) is 81.0 Å². The van der Waals surface area contributed by atoms with Gasteiger partial charge in [0.1, 0.15) is 24.8 Å². The van der Waals surface area contributed by atoms with Crippen LogP contribution < -0.4 is 41.4 Å². The average molecular weight is 1010 g/mol. The fourth-order valence-corrected chi connectivity index (χ4v) is 11.5. The molecule has 4 fully saturated rings. The molecule has 6 unspecified atom stereocenters. The van der Waals surface area contributed by atoms with Crippen LogP contribution in [0.25, 0.3) is 0 Å². The molecule has 0 aliphatic carbocycles. The zero-order valence-electron chi connectivity index (χ0n) is 34.7. The molecule has 364 valence electrons. The van der Waals surface area contributed by atoms with Crippen molar-refractivity contribution in [3.05, 3.63) is 58.7 Å². The molecule has 2 aromatic carbocycles. The minimum atomic E-state index is -4.75. The summed E-state index contributed by atoms with van der Waals surface area (Å²) in [5.41, 5.74) is 7.02. The third-order valence-corrected chi connectivity index (χ3v) is 14.5. The van der Waals surface area contributed by atoms with E-state index >= 15 is 0 Å². The highest BCUT2D eigenvalue weighted by Crippen LogP contribution is 2.41. The lowest BCUT2D eigenvalue weighted by Gasteiger charge is -2.16. The summed E-state index contributed by atoms with van der Waals surface area (Å²) in [6.07, 6.45) is 7.36. The maximum atomic E-state index is 13.1. The Bertz CT molecular complexity index is 2020. The van der Waals surface area contributed by atoms with E-state index in [0.717, 1.165) is 61.2 Å². The summed E-state index contributed by atoms with van der Waals surface area (Å²) in [6, 6.07) is 9.56. The fraction of sp³-hybridized carbons (Fsp3) is 0.590. The van der Waals surface area contributed by atoms with Crippen molar-refractivity contribution in [3.63, 3.8) is 0 Å². The monoisotopic (exact) mass is 1010 g/mol. The molecular formula is C39H59F2N7O12P2S3. The molecule has 6 rings (SSSR count). The molecule has 4 heterocycles. The summed E-state index contributed by atoms with van der Waals surface area (Å²) in [4.78, 5) is 80.4. The van der Waals surface area contributed by atoms with E-state index in [-0.39, 0.29) is 78.1 Å². The lowest BCUT2D eigenvalue weighted by Crippen LogP contribution is -2.36. The van der Waals surface area contributed by atoms with Gasteiger partial charge in [-0.15, -0.1) is 4.36 Å². The zero-order valence-corrected chi connectivity index (χ0v) is 38.9. The van der Waals surface area contributed by atoms with Crippen molar-refractivity contribution in [2.24, 2.45) is 10.1 Å². The summed E-state index contributed by atoms with van der Waals surface area (Å²) in [6.45, 7) is -0.975. The van der Waals surface area contributed by atoms with Crippen molar-refractivity contribution in [1.29, 1.82) is 0 Å². The predicted octanol–water partition coefficient (Wildman–Crippen LogP) is 4.75. The van der Waals surface area contributed by atoms with Crippen LogP contribution in [0.15, 0.2) is 40.8 Å². The van der Waals surface area contributed by atoms with Crippen molar-refractivity contribution in [1.82, 2.24) is 26.6 Å². The third kappa shape index (κ3) is 19.4. The van der Waals surface area contributed by atoms with E-state index < -0.39 is 29.0 Å². The van der Waals surface area contributed by atoms with Gasteiger partial charge in [-0.2, -0.15) is 23.5 Å². The highest BCUT2D eigenvalue weighted by molar-refractivity contribution is 8.00. The van der Waals surface area contributed by atoms with Crippen molar-refractivity contribution < 1.29 is 65.7 Å². The van der Waals surface area contributed by atoms with Crippen LogP contribution in [-0.2, 0) is 57.3 Å². The Morgan fingerprint density at radius 1 is 0.769 bits per heavy atom. The number of carbonyl (C=O) groups is 4. The molecule has 6 atom stereocenters. The maximum absolute atomic E-state index is 13.1. The lowest BCUT2D eigenvalue weighted by atomic mass is 10.0. The number of nitrogens with two attached hydrogens (primary N) is 1. The van der Waals surface area contributed by atoms with Gasteiger partial charge >= 0.3 is 27.7 Å². The van der Waals surface area contributed by atoms with Crippen molar-refractivity contribution in [3.8, 4) is 11.5 Å². The van der Waals surface area contributed by atoms with Crippen LogP contribution in [0.3, 0.4) is 0 Å². The quantitative estimate of drug-likeness (QED) is 0.0459. The molecule has 0 spiro atoms. The molecule has 2 aromatic rings. The molecule has 0 aromatic heterocycles. The smallest absolute Gasteiger partial charge is 0.404 e. The number of phosphoric acid groups is 2. The van der Waals surface area contributed by atoms with E-state index in [1.54, 1.807) is 12.1 Å². The Morgan fingerprint density at radius 2 is 1.23 bits per heavy atom. The Kier molecular flexibility index (Phi) is 23.6. The number of hydrogen-bond donors (Lipinski definition) is 10.